The molecule has 0 amide bonds. The second-order valence-electron chi connectivity index (χ2n) is 4.97. The number of anilines is 1. The first-order valence-electron chi connectivity index (χ1n) is 5.73. The summed E-state index contributed by atoms with van der Waals surface area (Å²) < 4.78 is 4.56. The van der Waals surface area contributed by atoms with Gasteiger partial charge in [0.25, 0.3) is 0 Å². The highest BCUT2D eigenvalue weighted by Crippen LogP contribution is 2.35. The lowest BCUT2D eigenvalue weighted by Gasteiger charge is -2.17. The standard InChI is InChI=1S/C13H18N2O2S/c1-13(2,3)10-8-18-12(9(10)7-14)15-6-5-11(16)17-4/h8,15H,5-6H2,1-4H3. The zero-order valence-electron chi connectivity index (χ0n) is 11.2. The molecule has 0 bridgehead atoms. The first-order valence-corrected chi connectivity index (χ1v) is 6.61. The molecule has 0 spiro atoms. The number of hydrogen-bond donors (Lipinski definition) is 1. The Kier molecular flexibility index (Phi) is 4.74. The molecule has 0 aliphatic carbocycles. The third-order valence-electron chi connectivity index (χ3n) is 2.55. The molecule has 0 saturated carbocycles. The van der Waals surface area contributed by atoms with E-state index in [1.807, 2.05) is 5.38 Å². The molecule has 0 aromatic carbocycles. The highest BCUT2D eigenvalue weighted by atomic mass is 32.1. The molecule has 18 heavy (non-hydrogen) atoms. The monoisotopic (exact) mass is 266 g/mol. The van der Waals surface area contributed by atoms with Gasteiger partial charge in [0.05, 0.1) is 19.1 Å². The predicted octanol–water partition coefficient (Wildman–Crippen LogP) is 2.89. The van der Waals surface area contributed by atoms with E-state index >= 15 is 0 Å². The molecule has 1 N–H and O–H groups in total. The van der Waals surface area contributed by atoms with E-state index < -0.39 is 0 Å². The molecular weight excluding hydrogens is 248 g/mol. The molecule has 1 aromatic rings. The molecular formula is C13H18N2O2S. The van der Waals surface area contributed by atoms with Crippen molar-refractivity contribution in [2.45, 2.75) is 32.6 Å². The van der Waals surface area contributed by atoms with Crippen molar-refractivity contribution in [3.8, 4) is 6.07 Å². The van der Waals surface area contributed by atoms with Crippen molar-refractivity contribution in [1.82, 2.24) is 0 Å². The largest absolute Gasteiger partial charge is 0.469 e. The first-order chi connectivity index (χ1) is 8.40. The van der Waals surface area contributed by atoms with Gasteiger partial charge in [0.1, 0.15) is 11.1 Å². The van der Waals surface area contributed by atoms with Gasteiger partial charge in [0.2, 0.25) is 0 Å². The van der Waals surface area contributed by atoms with Gasteiger partial charge in [-0.05, 0) is 16.4 Å². The fraction of sp³-hybridized carbons (Fsp3) is 0.538. The maximum Gasteiger partial charge on any atom is 0.307 e. The van der Waals surface area contributed by atoms with Crippen LogP contribution in [0.25, 0.3) is 0 Å². The van der Waals surface area contributed by atoms with Crippen molar-refractivity contribution < 1.29 is 9.53 Å². The summed E-state index contributed by atoms with van der Waals surface area (Å²) in [5.74, 6) is -0.256. The van der Waals surface area contributed by atoms with Gasteiger partial charge in [0, 0.05) is 6.54 Å². The number of nitrogens with zero attached hydrogens (tertiary/aromatic N) is 1. The number of ether oxygens (including phenoxy) is 1. The summed E-state index contributed by atoms with van der Waals surface area (Å²) >= 11 is 1.50. The first kappa shape index (κ1) is 14.5. The lowest BCUT2D eigenvalue weighted by molar-refractivity contribution is -0.140. The molecule has 0 atom stereocenters. The zero-order chi connectivity index (χ0) is 13.8. The van der Waals surface area contributed by atoms with Crippen molar-refractivity contribution in [1.29, 1.82) is 5.26 Å². The van der Waals surface area contributed by atoms with Crippen LogP contribution in [0.2, 0.25) is 0 Å². The summed E-state index contributed by atoms with van der Waals surface area (Å²) in [4.78, 5) is 11.0. The Morgan fingerprint density at radius 2 is 2.22 bits per heavy atom. The third kappa shape index (κ3) is 3.47. The summed E-state index contributed by atoms with van der Waals surface area (Å²) in [6, 6.07) is 2.23. The van der Waals surface area contributed by atoms with Crippen LogP contribution in [0.1, 0.15) is 38.3 Å². The number of carbonyl (C=O) groups is 1. The summed E-state index contributed by atoms with van der Waals surface area (Å²) in [6.45, 7) is 6.71. The Hall–Kier alpha value is -1.54. The second-order valence-corrected chi connectivity index (χ2v) is 5.85. The van der Waals surface area contributed by atoms with Gasteiger partial charge in [-0.3, -0.25) is 4.79 Å². The number of carbonyl (C=O) groups excluding carboxylic acids is 1. The third-order valence-corrected chi connectivity index (χ3v) is 3.49. The minimum atomic E-state index is -0.256. The average molecular weight is 266 g/mol. The lowest BCUT2D eigenvalue weighted by atomic mass is 9.86. The molecule has 5 heteroatoms. The summed E-state index contributed by atoms with van der Waals surface area (Å²) in [7, 11) is 1.37. The molecule has 0 radical (unpaired) electrons. The van der Waals surface area contributed by atoms with Gasteiger partial charge >= 0.3 is 5.97 Å². The van der Waals surface area contributed by atoms with Crippen molar-refractivity contribution in [2.75, 3.05) is 19.0 Å². The smallest absolute Gasteiger partial charge is 0.307 e. The van der Waals surface area contributed by atoms with E-state index in [1.165, 1.54) is 18.4 Å². The Balaban J connectivity index is 2.77. The quantitative estimate of drug-likeness (QED) is 0.851. The van der Waals surface area contributed by atoms with Crippen LogP contribution in [0, 0.1) is 11.3 Å². The van der Waals surface area contributed by atoms with E-state index in [4.69, 9.17) is 0 Å². The Bertz CT molecular complexity index is 466. The minimum absolute atomic E-state index is 0.0517. The van der Waals surface area contributed by atoms with Gasteiger partial charge in [-0.1, -0.05) is 20.8 Å². The van der Waals surface area contributed by atoms with E-state index in [1.54, 1.807) is 0 Å². The number of thiophene rings is 1. The lowest BCUT2D eigenvalue weighted by Crippen LogP contribution is -2.13. The molecule has 1 rings (SSSR count). The summed E-state index contributed by atoms with van der Waals surface area (Å²) in [5, 5.41) is 15.2. The van der Waals surface area contributed by atoms with E-state index in [0.29, 0.717) is 18.5 Å². The van der Waals surface area contributed by atoms with Crippen LogP contribution in [0.15, 0.2) is 5.38 Å². The van der Waals surface area contributed by atoms with E-state index in [0.717, 1.165) is 10.6 Å². The molecule has 98 valence electrons. The van der Waals surface area contributed by atoms with Crippen LogP contribution in [-0.4, -0.2) is 19.6 Å². The van der Waals surface area contributed by atoms with Crippen molar-refractivity contribution in [3.05, 3.63) is 16.5 Å². The van der Waals surface area contributed by atoms with Crippen molar-refractivity contribution >= 4 is 22.3 Å². The molecule has 0 unspecified atom stereocenters. The fourth-order valence-corrected chi connectivity index (χ4v) is 2.70. The SMILES string of the molecule is COC(=O)CCNc1scc(C(C)(C)C)c1C#N. The molecule has 0 saturated heterocycles. The van der Waals surface area contributed by atoms with Gasteiger partial charge in [-0.2, -0.15) is 5.26 Å². The van der Waals surface area contributed by atoms with E-state index in [-0.39, 0.29) is 11.4 Å². The Morgan fingerprint density at radius 3 is 2.72 bits per heavy atom. The summed E-state index contributed by atoms with van der Waals surface area (Å²) in [5.41, 5.74) is 1.66. The van der Waals surface area contributed by atoms with Crippen LogP contribution >= 0.6 is 11.3 Å². The van der Waals surface area contributed by atoms with E-state index in [9.17, 15) is 10.1 Å². The average Bonchev–Trinajstić information content (AvgIpc) is 2.71. The second kappa shape index (κ2) is 5.87. The molecule has 1 heterocycles. The summed E-state index contributed by atoms with van der Waals surface area (Å²) in [6.07, 6.45) is 0.296. The maximum atomic E-state index is 11.0. The number of nitriles is 1. The Morgan fingerprint density at radius 1 is 1.56 bits per heavy atom. The fourth-order valence-electron chi connectivity index (χ4n) is 1.53. The topological polar surface area (TPSA) is 62.1 Å². The predicted molar refractivity (Wildman–Crippen MR) is 72.9 cm³/mol. The van der Waals surface area contributed by atoms with Gasteiger partial charge in [-0.25, -0.2) is 0 Å². The minimum Gasteiger partial charge on any atom is -0.469 e. The highest BCUT2D eigenvalue weighted by Gasteiger charge is 2.22. The van der Waals surface area contributed by atoms with Crippen LogP contribution in [0.3, 0.4) is 0 Å². The molecule has 0 fully saturated rings. The number of rotatable bonds is 4. The van der Waals surface area contributed by atoms with Crippen LogP contribution in [0.4, 0.5) is 5.00 Å². The van der Waals surface area contributed by atoms with E-state index in [2.05, 4.69) is 36.9 Å². The number of esters is 1. The normalized spacial score (nSPS) is 10.8. The zero-order valence-corrected chi connectivity index (χ0v) is 12.0. The van der Waals surface area contributed by atoms with Crippen LogP contribution in [0.5, 0.6) is 0 Å². The highest BCUT2D eigenvalue weighted by molar-refractivity contribution is 7.14. The number of methoxy groups -OCH3 is 1. The van der Waals surface area contributed by atoms with Gasteiger partial charge in [0.15, 0.2) is 0 Å². The van der Waals surface area contributed by atoms with Crippen LogP contribution in [-0.2, 0) is 14.9 Å². The van der Waals surface area contributed by atoms with Crippen molar-refractivity contribution in [2.24, 2.45) is 0 Å². The van der Waals surface area contributed by atoms with Crippen molar-refractivity contribution in [3.63, 3.8) is 0 Å². The molecule has 0 aliphatic heterocycles. The molecule has 4 nitrogen and oxygen atoms in total. The van der Waals surface area contributed by atoms with Gasteiger partial charge in [-0.15, -0.1) is 11.3 Å². The van der Waals surface area contributed by atoms with Crippen LogP contribution < -0.4 is 5.32 Å². The molecule has 1 aromatic heterocycles. The number of nitrogens with one attached hydrogen (secondary N) is 1. The number of hydrogen-bond acceptors (Lipinski definition) is 5. The molecule has 0 aliphatic rings. The Labute approximate surface area is 112 Å². The maximum absolute atomic E-state index is 11.0. The van der Waals surface area contributed by atoms with Gasteiger partial charge < -0.3 is 10.1 Å².